The first kappa shape index (κ1) is 9.96. The van der Waals surface area contributed by atoms with Gasteiger partial charge in [-0.2, -0.15) is 0 Å². The van der Waals surface area contributed by atoms with E-state index in [4.69, 9.17) is 5.73 Å². The molecular weight excluding hydrogens is 214 g/mol. The summed E-state index contributed by atoms with van der Waals surface area (Å²) in [5.41, 5.74) is 6.21. The molecule has 1 heterocycles. The molecule has 0 spiro atoms. The number of primary amides is 1. The maximum absolute atomic E-state index is 10.7. The van der Waals surface area contributed by atoms with E-state index in [-0.39, 0.29) is 5.91 Å². The van der Waals surface area contributed by atoms with Crippen LogP contribution in [-0.2, 0) is 11.3 Å². The molecule has 0 radical (unpaired) electrons. The minimum atomic E-state index is -0.282. The molecule has 0 saturated heterocycles. The molecule has 0 atom stereocenters. The van der Waals surface area contributed by atoms with E-state index in [1.54, 1.807) is 0 Å². The summed E-state index contributed by atoms with van der Waals surface area (Å²) in [6.07, 6.45) is 2.36. The fourth-order valence-corrected chi connectivity index (χ4v) is 2.10. The van der Waals surface area contributed by atoms with Gasteiger partial charge in [0, 0.05) is 24.5 Å². The maximum Gasteiger partial charge on any atom is 0.219 e. The van der Waals surface area contributed by atoms with Gasteiger partial charge in [0.2, 0.25) is 5.91 Å². The van der Waals surface area contributed by atoms with E-state index in [1.807, 2.05) is 16.9 Å². The smallest absolute Gasteiger partial charge is 0.219 e. The van der Waals surface area contributed by atoms with Gasteiger partial charge in [-0.1, -0.05) is 18.2 Å². The van der Waals surface area contributed by atoms with Crippen molar-refractivity contribution < 1.29 is 4.79 Å². The Morgan fingerprint density at radius 1 is 1.24 bits per heavy atom. The van der Waals surface area contributed by atoms with Crippen molar-refractivity contribution in [3.8, 4) is 0 Å². The molecule has 0 aliphatic rings. The molecule has 0 saturated carbocycles. The van der Waals surface area contributed by atoms with Gasteiger partial charge in [-0.05, 0) is 22.9 Å². The maximum atomic E-state index is 10.7. The molecule has 17 heavy (non-hydrogen) atoms. The second-order valence-corrected chi connectivity index (χ2v) is 4.24. The summed E-state index contributed by atoms with van der Waals surface area (Å²) in [6.45, 7) is 0.592. The van der Waals surface area contributed by atoms with Crippen LogP contribution < -0.4 is 5.73 Å². The molecule has 3 rings (SSSR count). The lowest BCUT2D eigenvalue weighted by molar-refractivity contribution is -0.118. The van der Waals surface area contributed by atoms with E-state index < -0.39 is 0 Å². The SMILES string of the molecule is NC(=O)CCn1cc2cc3cccc3cc2[nH]1. The lowest BCUT2D eigenvalue weighted by Crippen LogP contribution is -2.14. The Hall–Kier alpha value is -2.23. The summed E-state index contributed by atoms with van der Waals surface area (Å²) < 4.78 is 1.90. The van der Waals surface area contributed by atoms with Crippen LogP contribution in [0.1, 0.15) is 6.42 Å². The number of aromatic nitrogens is 2. The number of amides is 1. The molecular formula is C13H13N3O. The number of carbonyl (C=O) groups is 1. The average Bonchev–Trinajstić information content (AvgIpc) is 2.87. The normalized spacial score (nSPS) is 11.3. The number of rotatable bonds is 3. The van der Waals surface area contributed by atoms with Crippen molar-refractivity contribution in [3.05, 3.63) is 36.5 Å². The molecule has 0 bridgehead atoms. The number of fused-ring (bicyclic) bond motifs is 2. The number of benzene rings is 1. The Balaban J connectivity index is 2.02. The Bertz CT molecular complexity index is 645. The lowest BCUT2D eigenvalue weighted by Gasteiger charge is -1.98. The first-order valence-electron chi connectivity index (χ1n) is 5.58. The summed E-state index contributed by atoms with van der Waals surface area (Å²) >= 11 is 0. The highest BCUT2D eigenvalue weighted by molar-refractivity contribution is 5.97. The van der Waals surface area contributed by atoms with Crippen LogP contribution in [0.3, 0.4) is 0 Å². The summed E-state index contributed by atoms with van der Waals surface area (Å²) in [4.78, 5) is 10.7. The summed E-state index contributed by atoms with van der Waals surface area (Å²) in [6, 6.07) is 10.5. The number of nitrogens with one attached hydrogen (secondary N) is 1. The molecule has 4 nitrogen and oxygen atoms in total. The van der Waals surface area contributed by atoms with Crippen LogP contribution in [0.2, 0.25) is 0 Å². The molecule has 1 amide bonds. The van der Waals surface area contributed by atoms with Gasteiger partial charge in [0.25, 0.3) is 0 Å². The number of aryl methyl sites for hydroxylation is 1. The number of H-pyrrole nitrogens is 1. The Kier molecular flexibility index (Phi) is 2.14. The summed E-state index contributed by atoms with van der Waals surface area (Å²) in [5, 5.41) is 6.85. The van der Waals surface area contributed by atoms with E-state index in [1.165, 1.54) is 10.8 Å². The van der Waals surface area contributed by atoms with Gasteiger partial charge in [-0.25, -0.2) is 0 Å². The fourth-order valence-electron chi connectivity index (χ4n) is 2.10. The van der Waals surface area contributed by atoms with Gasteiger partial charge in [-0.15, -0.1) is 0 Å². The zero-order chi connectivity index (χ0) is 11.8. The number of carbonyl (C=O) groups excluding carboxylic acids is 1. The number of nitrogens with zero attached hydrogens (tertiary/aromatic N) is 1. The number of nitrogens with two attached hydrogens (primary N) is 1. The number of hydrogen-bond acceptors (Lipinski definition) is 1. The van der Waals surface area contributed by atoms with Crippen LogP contribution in [-0.4, -0.2) is 15.7 Å². The molecule has 4 heteroatoms. The summed E-state index contributed by atoms with van der Waals surface area (Å²) in [7, 11) is 0. The third kappa shape index (κ3) is 1.78. The fraction of sp³-hybridized carbons (Fsp3) is 0.154. The van der Waals surface area contributed by atoms with Crippen molar-refractivity contribution in [1.82, 2.24) is 9.78 Å². The molecule has 0 aliphatic heterocycles. The van der Waals surface area contributed by atoms with E-state index in [0.717, 1.165) is 10.9 Å². The van der Waals surface area contributed by atoms with Gasteiger partial charge < -0.3 is 5.73 Å². The minimum Gasteiger partial charge on any atom is -0.370 e. The van der Waals surface area contributed by atoms with Crippen LogP contribution in [0, 0.1) is 0 Å². The molecule has 0 aliphatic carbocycles. The Morgan fingerprint density at radius 2 is 2.00 bits per heavy atom. The van der Waals surface area contributed by atoms with Gasteiger partial charge in [0.1, 0.15) is 0 Å². The van der Waals surface area contributed by atoms with E-state index in [2.05, 4.69) is 29.4 Å². The highest BCUT2D eigenvalue weighted by Gasteiger charge is 2.02. The highest BCUT2D eigenvalue weighted by Crippen LogP contribution is 2.22. The first-order valence-corrected chi connectivity index (χ1v) is 5.58. The van der Waals surface area contributed by atoms with Crippen LogP contribution in [0.4, 0.5) is 0 Å². The third-order valence-corrected chi connectivity index (χ3v) is 2.96. The van der Waals surface area contributed by atoms with Crippen molar-refractivity contribution in [2.24, 2.45) is 5.73 Å². The van der Waals surface area contributed by atoms with Crippen LogP contribution >= 0.6 is 0 Å². The van der Waals surface area contributed by atoms with E-state index in [9.17, 15) is 4.79 Å². The average molecular weight is 227 g/mol. The van der Waals surface area contributed by atoms with Crippen LogP contribution in [0.5, 0.6) is 0 Å². The largest absolute Gasteiger partial charge is 0.370 e. The predicted molar refractivity (Wildman–Crippen MR) is 67.6 cm³/mol. The highest BCUT2D eigenvalue weighted by atomic mass is 16.1. The van der Waals surface area contributed by atoms with Crippen molar-refractivity contribution >= 4 is 27.6 Å². The van der Waals surface area contributed by atoms with Crippen molar-refractivity contribution in [2.45, 2.75) is 13.0 Å². The Morgan fingerprint density at radius 3 is 2.76 bits per heavy atom. The number of aromatic amines is 1. The van der Waals surface area contributed by atoms with E-state index in [0.29, 0.717) is 13.0 Å². The molecule has 1 aromatic heterocycles. The van der Waals surface area contributed by atoms with Crippen molar-refractivity contribution in [3.63, 3.8) is 0 Å². The monoisotopic (exact) mass is 227 g/mol. The van der Waals surface area contributed by atoms with Gasteiger partial charge in [-0.3, -0.25) is 14.6 Å². The zero-order valence-corrected chi connectivity index (χ0v) is 9.31. The molecule has 86 valence electrons. The van der Waals surface area contributed by atoms with Crippen molar-refractivity contribution in [1.29, 1.82) is 0 Å². The van der Waals surface area contributed by atoms with Gasteiger partial charge in [0.15, 0.2) is 0 Å². The summed E-state index contributed by atoms with van der Waals surface area (Å²) in [5.74, 6) is -0.282. The second-order valence-electron chi connectivity index (χ2n) is 4.24. The first-order chi connectivity index (χ1) is 8.22. The number of hydrogen-bond donors (Lipinski definition) is 2. The quantitative estimate of drug-likeness (QED) is 0.706. The van der Waals surface area contributed by atoms with Gasteiger partial charge >= 0.3 is 0 Å². The molecule has 3 aromatic rings. The molecule has 3 N–H and O–H groups in total. The molecule has 2 aromatic carbocycles. The van der Waals surface area contributed by atoms with Gasteiger partial charge in [0.05, 0.1) is 5.52 Å². The van der Waals surface area contributed by atoms with Crippen LogP contribution in [0.15, 0.2) is 36.5 Å². The van der Waals surface area contributed by atoms with Crippen LogP contribution in [0.25, 0.3) is 21.7 Å². The minimum absolute atomic E-state index is 0.282. The van der Waals surface area contributed by atoms with Crippen molar-refractivity contribution in [2.75, 3.05) is 0 Å². The molecule has 0 fully saturated rings. The Labute approximate surface area is 98.0 Å². The topological polar surface area (TPSA) is 63.8 Å². The standard InChI is InChI=1S/C13H13N3O/c14-13(17)4-5-16-8-11-6-9-2-1-3-10(9)7-12(11)15-16/h1-3,6-8,15H,4-5H2,(H2,14,17). The third-order valence-electron chi connectivity index (χ3n) is 2.96. The molecule has 0 unspecified atom stereocenters. The second kappa shape index (κ2) is 3.66. The zero-order valence-electron chi connectivity index (χ0n) is 9.31. The lowest BCUT2D eigenvalue weighted by atomic mass is 10.2. The van der Waals surface area contributed by atoms with E-state index >= 15 is 0 Å². The predicted octanol–water partition coefficient (Wildman–Crippen LogP) is 2.00.